The van der Waals surface area contributed by atoms with Crippen LogP contribution in [0.3, 0.4) is 0 Å². The van der Waals surface area contributed by atoms with Gasteiger partial charge in [-0.25, -0.2) is 0 Å². The van der Waals surface area contributed by atoms with Gasteiger partial charge in [-0.1, -0.05) is 237 Å². The Balaban J connectivity index is 2.12. The summed E-state index contributed by atoms with van der Waals surface area (Å²) in [6, 6.07) is 18.3. The van der Waals surface area contributed by atoms with Crippen molar-refractivity contribution in [1.82, 2.24) is 0 Å². The van der Waals surface area contributed by atoms with Crippen LogP contribution in [0.15, 0.2) is 87.7 Å². The van der Waals surface area contributed by atoms with Crippen LogP contribution >= 0.6 is 75.6 Å². The summed E-state index contributed by atoms with van der Waals surface area (Å²) in [6.07, 6.45) is 19.9. The summed E-state index contributed by atoms with van der Waals surface area (Å²) in [7, 11) is -11.3. The van der Waals surface area contributed by atoms with E-state index in [1.54, 1.807) is 47.0 Å². The molecule has 1 aliphatic rings. The molecule has 0 saturated heterocycles. The van der Waals surface area contributed by atoms with Gasteiger partial charge in [-0.05, 0) is 144 Å². The van der Waals surface area contributed by atoms with Crippen LogP contribution in [0.1, 0.15) is 263 Å². The van der Waals surface area contributed by atoms with Gasteiger partial charge in [0.2, 0.25) is 0 Å². The second-order valence-electron chi connectivity index (χ2n) is 30.6. The fourth-order valence-corrected chi connectivity index (χ4v) is 26.3. The van der Waals surface area contributed by atoms with E-state index in [1.165, 1.54) is 0 Å². The van der Waals surface area contributed by atoms with Crippen LogP contribution in [0.2, 0.25) is 0 Å². The Morgan fingerprint density at radius 2 is 0.391 bits per heavy atom. The van der Waals surface area contributed by atoms with Crippen molar-refractivity contribution < 1.29 is 37.2 Å². The normalized spacial score (nSPS) is 13.8. The van der Waals surface area contributed by atoms with E-state index in [0.29, 0.717) is 72.3 Å². The molecule has 520 valence electrons. The molecule has 0 spiro atoms. The third-order valence-electron chi connectivity index (χ3n) is 17.6. The van der Waals surface area contributed by atoms with Crippen molar-refractivity contribution in [2.24, 2.45) is 0 Å². The third kappa shape index (κ3) is 24.4. The van der Waals surface area contributed by atoms with Gasteiger partial charge in [-0.2, -0.15) is 0 Å². The SMILES string of the molecule is CCCCP(=O)(CCCC)COc1c2cc(C(C)(C)C)cc1Sc1cc(C(C)(C)C)cc(c1OCP(=O)(CCCC)CCCC)Sc1cc(C(C)(C)C)cc(c1OCP(=O)(CCCC)CCCC)Sc1cc(C(C)(C)C)cc(c1OCP(=O)(CCCC)CCCC)S2. The lowest BCUT2D eigenvalue weighted by Gasteiger charge is -2.29. The molecule has 1 heterocycles. The third-order valence-corrected chi connectivity index (χ3v) is 33.2. The van der Waals surface area contributed by atoms with Gasteiger partial charge in [0, 0.05) is 49.3 Å². The van der Waals surface area contributed by atoms with Crippen LogP contribution < -0.4 is 18.9 Å². The quantitative estimate of drug-likeness (QED) is 0.0357. The predicted octanol–water partition coefficient (Wildman–Crippen LogP) is 27.0. The highest BCUT2D eigenvalue weighted by atomic mass is 32.2. The van der Waals surface area contributed by atoms with E-state index in [1.807, 2.05) is 0 Å². The molecule has 0 N–H and O–H groups in total. The van der Waals surface area contributed by atoms with Gasteiger partial charge in [-0.15, -0.1) is 0 Å². The molecule has 4 aromatic carbocycles. The Labute approximate surface area is 579 Å². The van der Waals surface area contributed by atoms with Crippen molar-refractivity contribution in [2.45, 2.75) is 302 Å². The van der Waals surface area contributed by atoms with E-state index in [0.717, 1.165) is 164 Å². The van der Waals surface area contributed by atoms with Gasteiger partial charge in [0.15, 0.2) is 0 Å². The average molecular weight is 1420 g/mol. The van der Waals surface area contributed by atoms with Crippen molar-refractivity contribution in [3.05, 3.63) is 70.8 Å². The van der Waals surface area contributed by atoms with Crippen molar-refractivity contribution in [3.8, 4) is 23.0 Å². The molecule has 0 saturated carbocycles. The molecular formula is C76H124O8P4S4. The van der Waals surface area contributed by atoms with Crippen LogP contribution in [0, 0.1) is 0 Å². The summed E-state index contributed by atoms with van der Waals surface area (Å²) in [5.41, 5.74) is 3.16. The highest BCUT2D eigenvalue weighted by Crippen LogP contribution is 2.60. The monoisotopic (exact) mass is 1420 g/mol. The molecule has 0 aliphatic carbocycles. The molecule has 4 aromatic rings. The lowest BCUT2D eigenvalue weighted by Crippen LogP contribution is -2.15. The number of hydrogen-bond acceptors (Lipinski definition) is 12. The minimum absolute atomic E-state index is 0.107. The average Bonchev–Trinajstić information content (AvgIpc) is 0.770. The van der Waals surface area contributed by atoms with Crippen LogP contribution in [0.5, 0.6) is 23.0 Å². The maximum atomic E-state index is 15.5. The number of unbranched alkanes of at least 4 members (excludes halogenated alkanes) is 8. The summed E-state index contributed by atoms with van der Waals surface area (Å²) in [5, 5.41) is 0. The molecule has 1 aliphatic heterocycles. The van der Waals surface area contributed by atoms with E-state index in [9.17, 15) is 0 Å². The van der Waals surface area contributed by atoms with E-state index in [2.05, 4.69) is 187 Å². The zero-order valence-corrected chi connectivity index (χ0v) is 67.9. The number of rotatable bonds is 36. The summed E-state index contributed by atoms with van der Waals surface area (Å²) in [4.78, 5) is 7.00. The molecule has 5 rings (SSSR count). The Bertz CT molecular complexity index is 2640. The van der Waals surface area contributed by atoms with Gasteiger partial charge in [0.25, 0.3) is 0 Å². The maximum absolute atomic E-state index is 15.5. The van der Waals surface area contributed by atoms with Crippen molar-refractivity contribution >= 4 is 75.6 Å². The highest BCUT2D eigenvalue weighted by Gasteiger charge is 2.35. The standard InChI is InChI=1S/C76H124O8P4S4/c1-21-29-37-85(77,38-30-22-2)53-81-69-61-45-57(73(9,10)11)46-62(69)90-64-48-59(75(15,16)17)50-66(71(64)83-55-87(79,41-33-25-5)42-34-26-6)92-68-52-60(76(18,19)20)51-67(72(68)84-56-88(80,43-35-27-7)44-36-28-8)91-65-49-58(74(12,13)14)47-63(89-61)70(65)82-54-86(78,39-31-23-3)40-32-24-4/h45-52H,21-44,53-56H2,1-20H3. The molecule has 0 aromatic heterocycles. The van der Waals surface area contributed by atoms with Crippen LogP contribution in [-0.4, -0.2) is 74.7 Å². The molecule has 0 unspecified atom stereocenters. The number of fused-ring (bicyclic) bond motifs is 8. The molecule has 0 fully saturated rings. The molecule has 0 atom stereocenters. The van der Waals surface area contributed by atoms with Gasteiger partial charge in [0.1, 0.15) is 77.0 Å². The van der Waals surface area contributed by atoms with Crippen LogP contribution in [0.4, 0.5) is 0 Å². The van der Waals surface area contributed by atoms with Crippen molar-refractivity contribution in [3.63, 3.8) is 0 Å². The van der Waals surface area contributed by atoms with Gasteiger partial charge < -0.3 is 37.2 Å². The fourth-order valence-electron chi connectivity index (χ4n) is 11.0. The number of benzene rings is 4. The maximum Gasteiger partial charge on any atom is 0.147 e. The molecule has 8 nitrogen and oxygen atoms in total. The summed E-state index contributed by atoms with van der Waals surface area (Å²) < 4.78 is 91.7. The minimum atomic E-state index is -2.83. The van der Waals surface area contributed by atoms with Crippen molar-refractivity contribution in [1.29, 1.82) is 0 Å². The zero-order valence-electron chi connectivity index (χ0n) is 61.1. The molecule has 92 heavy (non-hydrogen) atoms. The lowest BCUT2D eigenvalue weighted by molar-refractivity contribution is 0.352. The first-order chi connectivity index (χ1) is 43.2. The molecule has 16 heteroatoms. The Kier molecular flexibility index (Phi) is 32.1. The fraction of sp³-hybridized carbons (Fsp3) is 0.684. The lowest BCUT2D eigenvalue weighted by atomic mass is 9.87. The molecule has 0 radical (unpaired) electrons. The molecule has 0 amide bonds. The second kappa shape index (κ2) is 36.5. The van der Waals surface area contributed by atoms with Crippen molar-refractivity contribution in [2.75, 3.05) is 74.7 Å². The summed E-state index contributed by atoms with van der Waals surface area (Å²) in [6.45, 7) is 44.5. The van der Waals surface area contributed by atoms with E-state index < -0.39 is 28.6 Å². The number of ether oxygens (including phenoxy) is 4. The van der Waals surface area contributed by atoms with Gasteiger partial charge in [0.05, 0.1) is 39.2 Å². The largest absolute Gasteiger partial charge is 0.484 e. The zero-order chi connectivity index (χ0) is 68.4. The van der Waals surface area contributed by atoms with Gasteiger partial charge >= 0.3 is 0 Å². The first kappa shape index (κ1) is 81.1. The topological polar surface area (TPSA) is 105 Å². The number of hydrogen-bond donors (Lipinski definition) is 0. The van der Waals surface area contributed by atoms with E-state index in [-0.39, 0.29) is 47.1 Å². The Hall–Kier alpha value is -1.60. The molecule has 8 bridgehead atoms. The van der Waals surface area contributed by atoms with Gasteiger partial charge in [-0.3, -0.25) is 0 Å². The Morgan fingerprint density at radius 1 is 0.261 bits per heavy atom. The predicted molar refractivity (Wildman–Crippen MR) is 408 cm³/mol. The van der Waals surface area contributed by atoms with Crippen LogP contribution in [-0.2, 0) is 39.9 Å². The first-order valence-corrected chi connectivity index (χ1v) is 47.7. The van der Waals surface area contributed by atoms with Crippen LogP contribution in [0.25, 0.3) is 0 Å². The smallest absolute Gasteiger partial charge is 0.147 e. The first-order valence-electron chi connectivity index (χ1n) is 35.4. The van der Waals surface area contributed by atoms with E-state index in [4.69, 9.17) is 18.9 Å². The minimum Gasteiger partial charge on any atom is -0.484 e. The summed E-state index contributed by atoms with van der Waals surface area (Å²) in [5.74, 6) is 2.65. The Morgan fingerprint density at radius 3 is 0.500 bits per heavy atom. The summed E-state index contributed by atoms with van der Waals surface area (Å²) >= 11 is 6.49. The van der Waals surface area contributed by atoms with E-state index >= 15 is 18.3 Å². The molecular weight excluding hydrogens is 1290 g/mol. The second-order valence-corrected chi connectivity index (χ2v) is 48.0. The highest BCUT2D eigenvalue weighted by molar-refractivity contribution is 8.01.